The maximum atomic E-state index is 12.1. The summed E-state index contributed by atoms with van der Waals surface area (Å²) >= 11 is 0. The molecular formula is C13H10N4O. The smallest absolute Gasteiger partial charge is 0.276 e. The van der Waals surface area contributed by atoms with Crippen LogP contribution in [0.1, 0.15) is 10.5 Å². The number of carbonyl (C=O) groups is 1. The summed E-state index contributed by atoms with van der Waals surface area (Å²) in [7, 11) is 0. The highest BCUT2D eigenvalue weighted by molar-refractivity contribution is 6.09. The number of benzene rings is 1. The largest absolute Gasteiger partial charge is 0.358 e. The number of aromatic nitrogens is 3. The van der Waals surface area contributed by atoms with Crippen LogP contribution in [-0.2, 0) is 0 Å². The lowest BCUT2D eigenvalue weighted by molar-refractivity contribution is 0.102. The molecule has 18 heavy (non-hydrogen) atoms. The van der Waals surface area contributed by atoms with E-state index in [1.165, 1.54) is 6.33 Å². The molecule has 1 aromatic carbocycles. The van der Waals surface area contributed by atoms with E-state index in [4.69, 9.17) is 0 Å². The molecule has 0 spiro atoms. The second kappa shape index (κ2) is 4.29. The predicted octanol–water partition coefficient (Wildman–Crippen LogP) is 2.21. The van der Waals surface area contributed by atoms with Crippen molar-refractivity contribution in [3.05, 3.63) is 54.6 Å². The van der Waals surface area contributed by atoms with E-state index in [0.717, 1.165) is 11.2 Å². The number of aromatic amines is 1. The SMILES string of the molecule is O=C(Nc1ccccc1)c1ncnc2cc[nH]c12. The predicted molar refractivity (Wildman–Crippen MR) is 68.3 cm³/mol. The van der Waals surface area contributed by atoms with Gasteiger partial charge >= 0.3 is 0 Å². The summed E-state index contributed by atoms with van der Waals surface area (Å²) < 4.78 is 0. The third kappa shape index (κ3) is 1.82. The fourth-order valence-electron chi connectivity index (χ4n) is 1.76. The maximum Gasteiger partial charge on any atom is 0.276 e. The van der Waals surface area contributed by atoms with Crippen LogP contribution in [-0.4, -0.2) is 20.9 Å². The second-order valence-electron chi connectivity index (χ2n) is 3.78. The number of rotatable bonds is 2. The van der Waals surface area contributed by atoms with E-state index in [-0.39, 0.29) is 5.91 Å². The number of amides is 1. The van der Waals surface area contributed by atoms with Crippen LogP contribution >= 0.6 is 0 Å². The minimum absolute atomic E-state index is 0.254. The molecular weight excluding hydrogens is 228 g/mol. The minimum Gasteiger partial charge on any atom is -0.358 e. The fourth-order valence-corrected chi connectivity index (χ4v) is 1.76. The van der Waals surface area contributed by atoms with Crippen molar-refractivity contribution in [1.29, 1.82) is 0 Å². The molecule has 3 aromatic rings. The topological polar surface area (TPSA) is 70.7 Å². The van der Waals surface area contributed by atoms with E-state index in [1.54, 1.807) is 12.3 Å². The minimum atomic E-state index is -0.254. The van der Waals surface area contributed by atoms with Crippen LogP contribution in [0.15, 0.2) is 48.9 Å². The van der Waals surface area contributed by atoms with Crippen molar-refractivity contribution in [3.63, 3.8) is 0 Å². The van der Waals surface area contributed by atoms with Gasteiger partial charge in [0.1, 0.15) is 6.33 Å². The van der Waals surface area contributed by atoms with Gasteiger partial charge in [0.15, 0.2) is 5.69 Å². The van der Waals surface area contributed by atoms with Crippen molar-refractivity contribution in [2.45, 2.75) is 0 Å². The van der Waals surface area contributed by atoms with Gasteiger partial charge in [0.05, 0.1) is 11.0 Å². The molecule has 0 atom stereocenters. The molecule has 5 nitrogen and oxygen atoms in total. The summed E-state index contributed by atoms with van der Waals surface area (Å²) in [4.78, 5) is 23.2. The molecule has 2 aromatic heterocycles. The summed E-state index contributed by atoms with van der Waals surface area (Å²) in [5, 5.41) is 2.79. The van der Waals surface area contributed by atoms with Crippen LogP contribution in [0.5, 0.6) is 0 Å². The highest BCUT2D eigenvalue weighted by Gasteiger charge is 2.13. The zero-order valence-electron chi connectivity index (χ0n) is 9.42. The molecule has 0 saturated carbocycles. The molecule has 0 aliphatic rings. The van der Waals surface area contributed by atoms with Crippen LogP contribution < -0.4 is 5.32 Å². The Hall–Kier alpha value is -2.69. The zero-order chi connectivity index (χ0) is 12.4. The quantitative estimate of drug-likeness (QED) is 0.719. The van der Waals surface area contributed by atoms with Crippen LogP contribution in [0.4, 0.5) is 5.69 Å². The molecule has 3 rings (SSSR count). The third-order valence-corrected chi connectivity index (χ3v) is 2.59. The average molecular weight is 238 g/mol. The van der Waals surface area contributed by atoms with Crippen LogP contribution in [0.2, 0.25) is 0 Å². The molecule has 0 saturated heterocycles. The van der Waals surface area contributed by atoms with Gasteiger partial charge in [-0.25, -0.2) is 9.97 Å². The molecule has 2 N–H and O–H groups in total. The van der Waals surface area contributed by atoms with Crippen molar-refractivity contribution in [1.82, 2.24) is 15.0 Å². The van der Waals surface area contributed by atoms with Gasteiger partial charge < -0.3 is 10.3 Å². The van der Waals surface area contributed by atoms with Crippen LogP contribution in [0.25, 0.3) is 11.0 Å². The zero-order valence-corrected chi connectivity index (χ0v) is 9.42. The van der Waals surface area contributed by atoms with E-state index < -0.39 is 0 Å². The Balaban J connectivity index is 1.95. The monoisotopic (exact) mass is 238 g/mol. The van der Waals surface area contributed by atoms with Gasteiger partial charge in [-0.05, 0) is 18.2 Å². The van der Waals surface area contributed by atoms with Crippen LogP contribution in [0, 0.1) is 0 Å². The second-order valence-corrected chi connectivity index (χ2v) is 3.78. The van der Waals surface area contributed by atoms with Crippen LogP contribution in [0.3, 0.4) is 0 Å². The molecule has 0 aliphatic carbocycles. The van der Waals surface area contributed by atoms with E-state index in [1.807, 2.05) is 30.3 Å². The fraction of sp³-hybridized carbons (Fsp3) is 0. The van der Waals surface area contributed by atoms with Gasteiger partial charge in [-0.2, -0.15) is 0 Å². The van der Waals surface area contributed by atoms with Gasteiger partial charge in [-0.15, -0.1) is 0 Å². The van der Waals surface area contributed by atoms with E-state index in [9.17, 15) is 4.79 Å². The third-order valence-electron chi connectivity index (χ3n) is 2.59. The number of para-hydroxylation sites is 1. The summed E-state index contributed by atoms with van der Waals surface area (Å²) in [6, 6.07) is 11.1. The number of nitrogens with one attached hydrogen (secondary N) is 2. The molecule has 2 heterocycles. The first-order valence-corrected chi connectivity index (χ1v) is 5.49. The maximum absolute atomic E-state index is 12.1. The Kier molecular flexibility index (Phi) is 2.49. The lowest BCUT2D eigenvalue weighted by Crippen LogP contribution is -2.14. The Bertz CT molecular complexity index is 690. The van der Waals surface area contributed by atoms with Gasteiger partial charge in [-0.3, -0.25) is 4.79 Å². The number of hydrogen-bond acceptors (Lipinski definition) is 3. The first-order chi connectivity index (χ1) is 8.84. The molecule has 5 heteroatoms. The molecule has 0 aliphatic heterocycles. The van der Waals surface area contributed by atoms with E-state index in [0.29, 0.717) is 11.2 Å². The Morgan fingerprint density at radius 2 is 1.94 bits per heavy atom. The lowest BCUT2D eigenvalue weighted by atomic mass is 10.3. The number of anilines is 1. The molecule has 0 unspecified atom stereocenters. The van der Waals surface area contributed by atoms with Crippen molar-refractivity contribution in [2.24, 2.45) is 0 Å². The van der Waals surface area contributed by atoms with E-state index in [2.05, 4.69) is 20.3 Å². The molecule has 0 fully saturated rings. The number of nitrogens with zero attached hydrogens (tertiary/aromatic N) is 2. The standard InChI is InChI=1S/C13H10N4O/c18-13(17-9-4-2-1-3-5-9)12-11-10(6-7-14-11)15-8-16-12/h1-8,14H,(H,17,18). The van der Waals surface area contributed by atoms with E-state index >= 15 is 0 Å². The number of fused-ring (bicyclic) bond motifs is 1. The number of hydrogen-bond donors (Lipinski definition) is 2. The number of carbonyl (C=O) groups excluding carboxylic acids is 1. The summed E-state index contributed by atoms with van der Waals surface area (Å²) in [5.41, 5.74) is 2.45. The van der Waals surface area contributed by atoms with Gasteiger partial charge in [0.2, 0.25) is 0 Å². The van der Waals surface area contributed by atoms with Crippen molar-refractivity contribution < 1.29 is 4.79 Å². The Morgan fingerprint density at radius 3 is 2.78 bits per heavy atom. The van der Waals surface area contributed by atoms with Gasteiger partial charge in [-0.1, -0.05) is 18.2 Å². The summed E-state index contributed by atoms with van der Waals surface area (Å²) in [6.07, 6.45) is 3.12. The summed E-state index contributed by atoms with van der Waals surface area (Å²) in [6.45, 7) is 0. The van der Waals surface area contributed by atoms with Gasteiger partial charge in [0, 0.05) is 11.9 Å². The highest BCUT2D eigenvalue weighted by atomic mass is 16.1. The molecule has 88 valence electrons. The van der Waals surface area contributed by atoms with Crippen molar-refractivity contribution in [2.75, 3.05) is 5.32 Å². The first kappa shape index (κ1) is 10.5. The normalized spacial score (nSPS) is 10.4. The Morgan fingerprint density at radius 1 is 1.11 bits per heavy atom. The molecule has 1 amide bonds. The summed E-state index contributed by atoms with van der Waals surface area (Å²) in [5.74, 6) is -0.254. The Labute approximate surface area is 103 Å². The molecule has 0 radical (unpaired) electrons. The number of H-pyrrole nitrogens is 1. The lowest BCUT2D eigenvalue weighted by Gasteiger charge is -2.04. The van der Waals surface area contributed by atoms with Crippen molar-refractivity contribution in [3.8, 4) is 0 Å². The highest BCUT2D eigenvalue weighted by Crippen LogP contribution is 2.14. The molecule has 0 bridgehead atoms. The first-order valence-electron chi connectivity index (χ1n) is 5.49. The van der Waals surface area contributed by atoms with Gasteiger partial charge in [0.25, 0.3) is 5.91 Å². The van der Waals surface area contributed by atoms with Crippen molar-refractivity contribution >= 4 is 22.6 Å². The average Bonchev–Trinajstić information content (AvgIpc) is 2.87.